The molecular weight excluding hydrogens is 332 g/mol. The van der Waals surface area contributed by atoms with Gasteiger partial charge in [-0.3, -0.25) is 15.4 Å². The summed E-state index contributed by atoms with van der Waals surface area (Å²) >= 11 is 0. The molecule has 0 radical (unpaired) electrons. The molecule has 0 atom stereocenters. The van der Waals surface area contributed by atoms with Gasteiger partial charge in [-0.25, -0.2) is 9.59 Å². The molecule has 0 aliphatic carbocycles. The van der Waals surface area contributed by atoms with Gasteiger partial charge in [-0.1, -0.05) is 12.1 Å². The number of rotatable bonds is 4. The third-order valence-electron chi connectivity index (χ3n) is 3.04. The van der Waals surface area contributed by atoms with E-state index in [1.54, 1.807) is 24.3 Å². The lowest BCUT2D eigenvalue weighted by Crippen LogP contribution is -2.21. The van der Waals surface area contributed by atoms with Gasteiger partial charge in [-0.2, -0.15) is 0 Å². The summed E-state index contributed by atoms with van der Waals surface area (Å²) in [7, 11) is 1.20. The first-order valence-electron chi connectivity index (χ1n) is 6.90. The highest BCUT2D eigenvalue weighted by molar-refractivity contribution is 6.03. The molecule has 0 unspecified atom stereocenters. The van der Waals surface area contributed by atoms with E-state index in [4.69, 9.17) is 0 Å². The minimum absolute atomic E-state index is 0.0125. The number of anilines is 3. The van der Waals surface area contributed by atoms with Gasteiger partial charge in [0.25, 0.3) is 5.69 Å². The molecular formula is C15H14N4O6. The number of phenols is 1. The zero-order valence-corrected chi connectivity index (χ0v) is 13.0. The quantitative estimate of drug-likeness (QED) is 0.380. The summed E-state index contributed by atoms with van der Waals surface area (Å²) in [6, 6.07) is 8.92. The predicted molar refractivity (Wildman–Crippen MR) is 89.9 cm³/mol. The van der Waals surface area contributed by atoms with Gasteiger partial charge in [0.2, 0.25) is 0 Å². The number of carbonyl (C=O) groups excluding carboxylic acids is 2. The lowest BCUT2D eigenvalue weighted by Gasteiger charge is -2.12. The van der Waals surface area contributed by atoms with Gasteiger partial charge in [0, 0.05) is 6.07 Å². The Morgan fingerprint density at radius 3 is 2.20 bits per heavy atom. The van der Waals surface area contributed by atoms with E-state index in [0.29, 0.717) is 5.69 Å². The molecule has 130 valence electrons. The van der Waals surface area contributed by atoms with Crippen molar-refractivity contribution >= 4 is 34.9 Å². The highest BCUT2D eigenvalue weighted by atomic mass is 16.6. The number of phenolic OH excluding ortho intramolecular Hbond substituents is 1. The van der Waals surface area contributed by atoms with E-state index in [-0.39, 0.29) is 17.1 Å². The molecule has 0 saturated heterocycles. The van der Waals surface area contributed by atoms with Crippen LogP contribution in [-0.4, -0.2) is 29.3 Å². The van der Waals surface area contributed by atoms with Crippen LogP contribution in [0.15, 0.2) is 42.5 Å². The molecule has 4 N–H and O–H groups in total. The molecule has 0 spiro atoms. The average molecular weight is 346 g/mol. The van der Waals surface area contributed by atoms with E-state index in [9.17, 15) is 24.8 Å². The van der Waals surface area contributed by atoms with Gasteiger partial charge in [0.1, 0.15) is 5.75 Å². The summed E-state index contributed by atoms with van der Waals surface area (Å²) in [5.74, 6) is -0.453. The summed E-state index contributed by atoms with van der Waals surface area (Å²) in [4.78, 5) is 33.3. The van der Waals surface area contributed by atoms with Crippen molar-refractivity contribution in [3.05, 3.63) is 52.6 Å². The second-order valence-electron chi connectivity index (χ2n) is 4.70. The first-order chi connectivity index (χ1) is 11.9. The molecule has 2 aromatic carbocycles. The maximum Gasteiger partial charge on any atom is 0.411 e. The topological polar surface area (TPSA) is 143 Å². The highest BCUT2D eigenvalue weighted by Gasteiger charge is 2.13. The number of para-hydroxylation sites is 2. The molecule has 2 aromatic rings. The molecule has 0 fully saturated rings. The smallest absolute Gasteiger partial charge is 0.411 e. The average Bonchev–Trinajstić information content (AvgIpc) is 2.58. The number of urea groups is 1. The molecule has 3 amide bonds. The van der Waals surface area contributed by atoms with E-state index in [2.05, 4.69) is 20.7 Å². The largest absolute Gasteiger partial charge is 0.506 e. The standard InChI is InChI=1S/C15H14N4O6/c1-25-15(22)18-11-5-3-2-4-10(11)16-14(21)17-12-7-6-9(19(23)24)8-13(12)20/h2-8,20H,1H3,(H,18,22)(H2,16,17,21). The number of nitro groups is 1. The second kappa shape index (κ2) is 7.64. The van der Waals surface area contributed by atoms with Crippen molar-refractivity contribution in [1.82, 2.24) is 0 Å². The number of nitrogens with zero attached hydrogens (tertiary/aromatic N) is 1. The van der Waals surface area contributed by atoms with E-state index in [1.807, 2.05) is 0 Å². The van der Waals surface area contributed by atoms with Crippen LogP contribution in [0.4, 0.5) is 32.3 Å². The number of nitrogens with one attached hydrogen (secondary N) is 3. The number of amides is 3. The van der Waals surface area contributed by atoms with Crippen molar-refractivity contribution in [3.8, 4) is 5.75 Å². The Bertz CT molecular complexity index is 823. The van der Waals surface area contributed by atoms with Gasteiger partial charge < -0.3 is 20.5 Å². The van der Waals surface area contributed by atoms with Crippen molar-refractivity contribution in [3.63, 3.8) is 0 Å². The molecule has 2 rings (SSSR count). The van der Waals surface area contributed by atoms with Gasteiger partial charge in [-0.15, -0.1) is 0 Å². The summed E-state index contributed by atoms with van der Waals surface area (Å²) < 4.78 is 4.49. The Balaban J connectivity index is 2.11. The van der Waals surface area contributed by atoms with Gasteiger partial charge in [0.05, 0.1) is 35.2 Å². The molecule has 0 aliphatic rings. The third-order valence-corrected chi connectivity index (χ3v) is 3.04. The number of nitro benzene ring substituents is 1. The summed E-state index contributed by atoms with van der Waals surface area (Å²) in [5.41, 5.74) is 0.266. The van der Waals surface area contributed by atoms with Crippen LogP contribution in [0.25, 0.3) is 0 Å². The van der Waals surface area contributed by atoms with Crippen molar-refractivity contribution in [2.24, 2.45) is 0 Å². The number of carbonyl (C=O) groups is 2. The number of non-ortho nitro benzene ring substituents is 1. The van der Waals surface area contributed by atoms with Gasteiger partial charge in [0.15, 0.2) is 0 Å². The van der Waals surface area contributed by atoms with Crippen molar-refractivity contribution in [2.75, 3.05) is 23.1 Å². The van der Waals surface area contributed by atoms with Crippen LogP contribution < -0.4 is 16.0 Å². The monoisotopic (exact) mass is 346 g/mol. The van der Waals surface area contributed by atoms with Gasteiger partial charge in [-0.05, 0) is 18.2 Å². The lowest BCUT2D eigenvalue weighted by molar-refractivity contribution is -0.384. The molecule has 0 aromatic heterocycles. The number of aromatic hydroxyl groups is 1. The minimum atomic E-state index is -0.719. The Morgan fingerprint density at radius 1 is 1.04 bits per heavy atom. The normalized spacial score (nSPS) is 9.80. The van der Waals surface area contributed by atoms with Crippen LogP contribution in [0.1, 0.15) is 0 Å². The van der Waals surface area contributed by atoms with E-state index in [0.717, 1.165) is 12.1 Å². The predicted octanol–water partition coefficient (Wildman–Crippen LogP) is 3.12. The molecule has 0 bridgehead atoms. The molecule has 10 heteroatoms. The molecule has 10 nitrogen and oxygen atoms in total. The SMILES string of the molecule is COC(=O)Nc1ccccc1NC(=O)Nc1ccc([N+](=O)[O-])cc1O. The second-order valence-corrected chi connectivity index (χ2v) is 4.70. The number of ether oxygens (including phenoxy) is 1. The van der Waals surface area contributed by atoms with Crippen LogP contribution in [0, 0.1) is 10.1 Å². The number of hydrogen-bond donors (Lipinski definition) is 4. The Labute approximate surface area is 141 Å². The third kappa shape index (κ3) is 4.58. The lowest BCUT2D eigenvalue weighted by atomic mass is 10.2. The first kappa shape index (κ1) is 17.5. The fourth-order valence-electron chi connectivity index (χ4n) is 1.88. The van der Waals surface area contributed by atoms with Crippen LogP contribution in [0.5, 0.6) is 5.75 Å². The van der Waals surface area contributed by atoms with Crippen LogP contribution in [0.2, 0.25) is 0 Å². The Hall–Kier alpha value is -3.82. The fraction of sp³-hybridized carbons (Fsp3) is 0.0667. The number of benzene rings is 2. The van der Waals surface area contributed by atoms with Crippen LogP contribution >= 0.6 is 0 Å². The molecule has 0 saturated carbocycles. The Kier molecular flexibility index (Phi) is 5.36. The maximum atomic E-state index is 12.0. The fourth-order valence-corrected chi connectivity index (χ4v) is 1.88. The maximum absolute atomic E-state index is 12.0. The van der Waals surface area contributed by atoms with Crippen LogP contribution in [0.3, 0.4) is 0 Å². The van der Waals surface area contributed by atoms with E-state index in [1.165, 1.54) is 13.2 Å². The van der Waals surface area contributed by atoms with Gasteiger partial charge >= 0.3 is 12.1 Å². The highest BCUT2D eigenvalue weighted by Crippen LogP contribution is 2.28. The van der Waals surface area contributed by atoms with Crippen molar-refractivity contribution < 1.29 is 24.4 Å². The first-order valence-corrected chi connectivity index (χ1v) is 6.90. The zero-order chi connectivity index (χ0) is 18.4. The van der Waals surface area contributed by atoms with Crippen molar-refractivity contribution in [2.45, 2.75) is 0 Å². The van der Waals surface area contributed by atoms with E-state index < -0.39 is 22.8 Å². The van der Waals surface area contributed by atoms with E-state index >= 15 is 0 Å². The molecule has 25 heavy (non-hydrogen) atoms. The van der Waals surface area contributed by atoms with Crippen molar-refractivity contribution in [1.29, 1.82) is 0 Å². The minimum Gasteiger partial charge on any atom is -0.506 e. The summed E-state index contributed by atoms with van der Waals surface area (Å²) in [6.45, 7) is 0. The number of methoxy groups -OCH3 is 1. The molecule has 0 aliphatic heterocycles. The molecule has 0 heterocycles. The zero-order valence-electron chi connectivity index (χ0n) is 13.0. The summed E-state index contributed by atoms with van der Waals surface area (Å²) in [5, 5.41) is 27.6. The van der Waals surface area contributed by atoms with Crippen LogP contribution in [-0.2, 0) is 4.74 Å². The Morgan fingerprint density at radius 2 is 1.64 bits per heavy atom. The number of hydrogen-bond acceptors (Lipinski definition) is 6. The summed E-state index contributed by atoms with van der Waals surface area (Å²) in [6.07, 6.45) is -0.706.